The molecule has 2 aromatic carbocycles. The Balaban J connectivity index is 1.72. The maximum atomic E-state index is 10.6. The highest BCUT2D eigenvalue weighted by atomic mass is 16.6. The number of non-ortho nitro benzene ring substituents is 1. The first kappa shape index (κ1) is 18.8. The molecule has 5 nitrogen and oxygen atoms in total. The van der Waals surface area contributed by atoms with Gasteiger partial charge in [0.15, 0.2) is 0 Å². The molecule has 0 bridgehead atoms. The van der Waals surface area contributed by atoms with Crippen LogP contribution in [-0.2, 0) is 11.3 Å². The van der Waals surface area contributed by atoms with E-state index in [-0.39, 0.29) is 11.6 Å². The normalized spacial score (nSPS) is 13.7. The zero-order valence-corrected chi connectivity index (χ0v) is 14.2. The molecule has 0 saturated carbocycles. The molecule has 0 fully saturated rings. The Hall–Kier alpha value is -2.50. The Morgan fingerprint density at radius 1 is 1.16 bits per heavy atom. The highest BCUT2D eigenvalue weighted by Gasteiger charge is 2.09. The van der Waals surface area contributed by atoms with Crippen LogP contribution in [0.3, 0.4) is 0 Å². The Bertz CT molecular complexity index is 683. The maximum absolute atomic E-state index is 10.6. The number of aliphatic hydroxyl groups excluding tert-OH is 1. The lowest BCUT2D eigenvalue weighted by Crippen LogP contribution is -2.03. The van der Waals surface area contributed by atoms with Crippen molar-refractivity contribution < 1.29 is 14.8 Å². The van der Waals surface area contributed by atoms with Crippen LogP contribution in [-0.4, -0.2) is 16.6 Å². The second-order valence-corrected chi connectivity index (χ2v) is 6.01. The second-order valence-electron chi connectivity index (χ2n) is 6.01. The van der Waals surface area contributed by atoms with Gasteiger partial charge in [-0.1, -0.05) is 49.4 Å². The Kier molecular flexibility index (Phi) is 7.32. The lowest BCUT2D eigenvalue weighted by Gasteiger charge is -2.10. The summed E-state index contributed by atoms with van der Waals surface area (Å²) in [7, 11) is 0. The molecule has 5 heteroatoms. The quantitative estimate of drug-likeness (QED) is 0.416. The lowest BCUT2D eigenvalue weighted by molar-refractivity contribution is -0.384. The van der Waals surface area contributed by atoms with Gasteiger partial charge in [-0.3, -0.25) is 10.1 Å². The zero-order chi connectivity index (χ0) is 18.1. The largest absolute Gasteiger partial charge is 0.388 e. The monoisotopic (exact) mass is 341 g/mol. The van der Waals surface area contributed by atoms with Gasteiger partial charge in [-0.25, -0.2) is 0 Å². The third kappa shape index (κ3) is 6.49. The fraction of sp³-hybridized carbons (Fsp3) is 0.300. The van der Waals surface area contributed by atoms with Gasteiger partial charge in [0.2, 0.25) is 0 Å². The predicted octanol–water partition coefficient (Wildman–Crippen LogP) is 4.43. The van der Waals surface area contributed by atoms with Crippen molar-refractivity contribution in [3.8, 4) is 0 Å². The first-order valence-corrected chi connectivity index (χ1v) is 8.27. The van der Waals surface area contributed by atoms with Crippen LogP contribution in [0, 0.1) is 16.0 Å². The first-order chi connectivity index (χ1) is 12.1. The van der Waals surface area contributed by atoms with E-state index in [2.05, 4.69) is 6.92 Å². The standard InChI is InChI=1S/C20H23NO4/c1-16(14-25-15-17-7-3-2-4-8-17)6-5-9-20(22)18-10-12-19(13-11-18)21(23)24/h2-8,10-13,16,20,22H,9,14-15H2,1H3/b6-5-/t16-,20-/m1/s1. The topological polar surface area (TPSA) is 72.6 Å². The third-order valence-electron chi connectivity index (χ3n) is 3.80. The Morgan fingerprint density at radius 2 is 1.84 bits per heavy atom. The number of nitro groups is 1. The highest BCUT2D eigenvalue weighted by Crippen LogP contribution is 2.20. The molecule has 1 N–H and O–H groups in total. The van der Waals surface area contributed by atoms with Crippen LogP contribution >= 0.6 is 0 Å². The van der Waals surface area contributed by atoms with Crippen LogP contribution in [0.2, 0.25) is 0 Å². The van der Waals surface area contributed by atoms with E-state index in [9.17, 15) is 15.2 Å². The molecule has 0 aliphatic heterocycles. The minimum Gasteiger partial charge on any atom is -0.388 e. The predicted molar refractivity (Wildman–Crippen MR) is 97.1 cm³/mol. The van der Waals surface area contributed by atoms with Gasteiger partial charge >= 0.3 is 0 Å². The van der Waals surface area contributed by atoms with Crippen molar-refractivity contribution in [2.45, 2.75) is 26.1 Å². The molecule has 25 heavy (non-hydrogen) atoms. The summed E-state index contributed by atoms with van der Waals surface area (Å²) in [6.07, 6.45) is 3.72. The third-order valence-corrected chi connectivity index (χ3v) is 3.80. The van der Waals surface area contributed by atoms with E-state index in [1.165, 1.54) is 12.1 Å². The SMILES string of the molecule is C[C@H](/C=C\C[C@@H](O)c1ccc([N+](=O)[O-])cc1)COCc1ccccc1. The van der Waals surface area contributed by atoms with Crippen molar-refractivity contribution in [3.05, 3.63) is 88.0 Å². The number of hydrogen-bond acceptors (Lipinski definition) is 4. The van der Waals surface area contributed by atoms with Crippen molar-refractivity contribution in [3.63, 3.8) is 0 Å². The van der Waals surface area contributed by atoms with Crippen LogP contribution in [0.5, 0.6) is 0 Å². The number of nitrogens with zero attached hydrogens (tertiary/aromatic N) is 1. The van der Waals surface area contributed by atoms with E-state index in [1.807, 2.05) is 42.5 Å². The Labute approximate surface area is 147 Å². The smallest absolute Gasteiger partial charge is 0.269 e. The van der Waals surface area contributed by atoms with Gasteiger partial charge in [-0.2, -0.15) is 0 Å². The fourth-order valence-corrected chi connectivity index (χ4v) is 2.39. The summed E-state index contributed by atoms with van der Waals surface area (Å²) in [5.74, 6) is 0.243. The summed E-state index contributed by atoms with van der Waals surface area (Å²) in [5, 5.41) is 20.8. The molecule has 2 atom stereocenters. The summed E-state index contributed by atoms with van der Waals surface area (Å²) in [4.78, 5) is 10.2. The number of hydrogen-bond donors (Lipinski definition) is 1. The number of rotatable bonds is 9. The molecule has 0 aliphatic carbocycles. The summed E-state index contributed by atoms with van der Waals surface area (Å²) < 4.78 is 5.68. The molecule has 2 rings (SSSR count). The summed E-state index contributed by atoms with van der Waals surface area (Å²) >= 11 is 0. The lowest BCUT2D eigenvalue weighted by atomic mass is 10.0. The summed E-state index contributed by atoms with van der Waals surface area (Å²) in [6, 6.07) is 16.0. The minimum absolute atomic E-state index is 0.0238. The van der Waals surface area contributed by atoms with Gasteiger partial charge < -0.3 is 9.84 Å². The van der Waals surface area contributed by atoms with E-state index >= 15 is 0 Å². The second kappa shape index (κ2) is 9.71. The van der Waals surface area contributed by atoms with Crippen LogP contribution in [0.4, 0.5) is 5.69 Å². The van der Waals surface area contributed by atoms with Gasteiger partial charge in [0.25, 0.3) is 5.69 Å². The molecular weight excluding hydrogens is 318 g/mol. The number of aliphatic hydroxyl groups is 1. The summed E-state index contributed by atoms with van der Waals surface area (Å²) in [6.45, 7) is 3.25. The number of nitro benzene ring substituents is 1. The number of benzene rings is 2. The molecule has 0 amide bonds. The molecule has 0 aliphatic rings. The van der Waals surface area contributed by atoms with E-state index in [1.54, 1.807) is 12.1 Å². The molecule has 0 heterocycles. The van der Waals surface area contributed by atoms with Crippen LogP contribution in [0.15, 0.2) is 66.7 Å². The summed E-state index contributed by atoms with van der Waals surface area (Å²) in [5.41, 5.74) is 1.84. The van der Waals surface area contributed by atoms with Gasteiger partial charge in [0, 0.05) is 12.1 Å². The van der Waals surface area contributed by atoms with E-state index in [0.29, 0.717) is 25.2 Å². The molecule has 132 valence electrons. The molecule has 0 radical (unpaired) electrons. The van der Waals surface area contributed by atoms with Crippen LogP contribution < -0.4 is 0 Å². The average molecular weight is 341 g/mol. The minimum atomic E-state index is -0.672. The van der Waals surface area contributed by atoms with E-state index < -0.39 is 11.0 Å². The molecule has 0 saturated heterocycles. The van der Waals surface area contributed by atoms with E-state index in [4.69, 9.17) is 4.74 Å². The highest BCUT2D eigenvalue weighted by molar-refractivity contribution is 5.33. The fourth-order valence-electron chi connectivity index (χ4n) is 2.39. The first-order valence-electron chi connectivity index (χ1n) is 8.27. The van der Waals surface area contributed by atoms with Gasteiger partial charge in [0.05, 0.1) is 24.2 Å². The van der Waals surface area contributed by atoms with Crippen molar-refractivity contribution in [2.24, 2.45) is 5.92 Å². The van der Waals surface area contributed by atoms with Gasteiger partial charge in [-0.15, -0.1) is 0 Å². The van der Waals surface area contributed by atoms with E-state index in [0.717, 1.165) is 5.56 Å². The maximum Gasteiger partial charge on any atom is 0.269 e. The zero-order valence-electron chi connectivity index (χ0n) is 14.2. The molecular formula is C20H23NO4. The van der Waals surface area contributed by atoms with Crippen molar-refractivity contribution in [2.75, 3.05) is 6.61 Å². The van der Waals surface area contributed by atoms with Crippen molar-refractivity contribution in [1.82, 2.24) is 0 Å². The molecule has 0 spiro atoms. The van der Waals surface area contributed by atoms with Crippen LogP contribution in [0.25, 0.3) is 0 Å². The average Bonchev–Trinajstić information content (AvgIpc) is 2.62. The van der Waals surface area contributed by atoms with Crippen molar-refractivity contribution in [1.29, 1.82) is 0 Å². The molecule has 0 aromatic heterocycles. The van der Waals surface area contributed by atoms with Gasteiger partial charge in [-0.05, 0) is 35.6 Å². The van der Waals surface area contributed by atoms with Gasteiger partial charge in [0.1, 0.15) is 0 Å². The Morgan fingerprint density at radius 3 is 2.48 bits per heavy atom. The number of ether oxygens (including phenoxy) is 1. The molecule has 0 unspecified atom stereocenters. The van der Waals surface area contributed by atoms with Crippen molar-refractivity contribution >= 4 is 5.69 Å². The van der Waals surface area contributed by atoms with Crippen LogP contribution in [0.1, 0.15) is 30.6 Å². The molecule has 2 aromatic rings.